The smallest absolute Gasteiger partial charge is 0.311 e. The highest BCUT2D eigenvalue weighted by Gasteiger charge is 2.39. The van der Waals surface area contributed by atoms with E-state index in [1.54, 1.807) is 0 Å². The lowest BCUT2D eigenvalue weighted by atomic mass is 9.85. The van der Waals surface area contributed by atoms with Gasteiger partial charge in [0.15, 0.2) is 0 Å². The molecule has 5 nitrogen and oxygen atoms in total. The summed E-state index contributed by atoms with van der Waals surface area (Å²) in [6.45, 7) is 11.0. The molecule has 0 saturated carbocycles. The fraction of sp³-hybridized carbons (Fsp3) is 0.545. The number of hydrogen-bond donors (Lipinski definition) is 0. The first-order valence-corrected chi connectivity index (χ1v) is 14.6. The van der Waals surface area contributed by atoms with Gasteiger partial charge < -0.3 is 14.2 Å². The number of fused-ring (bicyclic) bond motifs is 2. The lowest BCUT2D eigenvalue weighted by Crippen LogP contribution is -2.37. The van der Waals surface area contributed by atoms with Gasteiger partial charge in [0, 0.05) is 19.5 Å². The van der Waals surface area contributed by atoms with Gasteiger partial charge in [-0.2, -0.15) is 0 Å². The van der Waals surface area contributed by atoms with Crippen LogP contribution in [0.15, 0.2) is 48.0 Å². The molecule has 1 atom stereocenters. The summed E-state index contributed by atoms with van der Waals surface area (Å²) in [5.41, 5.74) is 5.94. The molecule has 0 N–H and O–H groups in total. The topological polar surface area (TPSA) is 48.0 Å². The molecule has 204 valence electrons. The third-order valence-electron chi connectivity index (χ3n) is 8.40. The Morgan fingerprint density at radius 2 is 1.87 bits per heavy atom. The van der Waals surface area contributed by atoms with Crippen LogP contribution in [0.5, 0.6) is 11.5 Å². The molecule has 2 aromatic carbocycles. The number of carbonyl (C=O) groups excluding carboxylic acids is 1. The van der Waals surface area contributed by atoms with Gasteiger partial charge in [-0.05, 0) is 106 Å². The van der Waals surface area contributed by atoms with Crippen molar-refractivity contribution in [1.82, 2.24) is 4.90 Å². The Kier molecular flexibility index (Phi) is 8.54. The zero-order valence-corrected chi connectivity index (χ0v) is 23.4. The molecule has 1 aliphatic carbocycles. The molecule has 2 aliphatic heterocycles. The fourth-order valence-corrected chi connectivity index (χ4v) is 6.24. The molecular weight excluding hydrogens is 474 g/mol. The van der Waals surface area contributed by atoms with Crippen molar-refractivity contribution in [3.63, 3.8) is 0 Å². The molecule has 0 spiro atoms. The number of hydrogen-bond acceptors (Lipinski definition) is 5. The Labute approximate surface area is 228 Å². The van der Waals surface area contributed by atoms with E-state index in [4.69, 9.17) is 14.2 Å². The van der Waals surface area contributed by atoms with Crippen LogP contribution in [-0.2, 0) is 16.0 Å². The zero-order chi connectivity index (χ0) is 26.5. The molecule has 1 saturated heterocycles. The second-order valence-corrected chi connectivity index (χ2v) is 11.6. The van der Waals surface area contributed by atoms with Gasteiger partial charge in [0.2, 0.25) is 0 Å². The van der Waals surface area contributed by atoms with E-state index >= 15 is 0 Å². The van der Waals surface area contributed by atoms with Crippen LogP contribution in [0, 0.1) is 0 Å². The third-order valence-corrected chi connectivity index (χ3v) is 8.40. The second kappa shape index (κ2) is 12.0. The van der Waals surface area contributed by atoms with Gasteiger partial charge in [0.1, 0.15) is 17.1 Å². The van der Waals surface area contributed by atoms with Gasteiger partial charge in [0.05, 0.1) is 18.8 Å². The van der Waals surface area contributed by atoms with Gasteiger partial charge in [-0.15, -0.1) is 0 Å². The number of allylic oxidation sites excluding steroid dienone is 1. The highest BCUT2D eigenvalue weighted by atomic mass is 16.5. The Bertz CT molecular complexity index is 1150. The second-order valence-electron chi connectivity index (χ2n) is 11.6. The normalized spacial score (nSPS) is 19.4. The van der Waals surface area contributed by atoms with Crippen molar-refractivity contribution in [2.24, 2.45) is 0 Å². The van der Waals surface area contributed by atoms with Gasteiger partial charge in [-0.25, -0.2) is 0 Å². The molecule has 38 heavy (non-hydrogen) atoms. The van der Waals surface area contributed by atoms with E-state index < -0.39 is 0 Å². The molecule has 5 heteroatoms. The standard InChI is InChI=1S/C33H43NO4/c1-24(10-7-13-25-11-5-4-6-12-25)26-22-29(37-31(35)16-9-17-34-18-20-36-21-19-34)32-27-14-8-15-28(27)33(2,3)38-30(32)23-26/h4-6,11-12,22-24H,7-10,13-21H2,1-3H3. The predicted molar refractivity (Wildman–Crippen MR) is 152 cm³/mol. The van der Waals surface area contributed by atoms with Crippen molar-refractivity contribution in [1.29, 1.82) is 0 Å². The van der Waals surface area contributed by atoms with E-state index in [0.29, 0.717) is 18.1 Å². The largest absolute Gasteiger partial charge is 0.483 e. The van der Waals surface area contributed by atoms with Crippen molar-refractivity contribution < 1.29 is 19.0 Å². The number of benzene rings is 2. The summed E-state index contributed by atoms with van der Waals surface area (Å²) < 4.78 is 18.2. The van der Waals surface area contributed by atoms with Crippen LogP contribution in [0.1, 0.15) is 88.3 Å². The van der Waals surface area contributed by atoms with E-state index in [1.165, 1.54) is 22.3 Å². The highest BCUT2D eigenvalue weighted by molar-refractivity contribution is 5.84. The molecule has 1 unspecified atom stereocenters. The minimum atomic E-state index is -0.326. The first kappa shape index (κ1) is 27.0. The van der Waals surface area contributed by atoms with Crippen LogP contribution in [0.25, 0.3) is 5.57 Å². The van der Waals surface area contributed by atoms with Crippen LogP contribution >= 0.6 is 0 Å². The van der Waals surface area contributed by atoms with Gasteiger partial charge >= 0.3 is 5.97 Å². The van der Waals surface area contributed by atoms with Crippen molar-refractivity contribution in [3.05, 3.63) is 64.7 Å². The van der Waals surface area contributed by atoms with Crippen LogP contribution in [-0.4, -0.2) is 49.3 Å². The number of esters is 1. The molecule has 1 fully saturated rings. The number of carbonyl (C=O) groups is 1. The lowest BCUT2D eigenvalue weighted by Gasteiger charge is -2.36. The number of morpholine rings is 1. The van der Waals surface area contributed by atoms with E-state index in [2.05, 4.69) is 68.1 Å². The van der Waals surface area contributed by atoms with Crippen molar-refractivity contribution in [3.8, 4) is 11.5 Å². The molecule has 0 aromatic heterocycles. The minimum absolute atomic E-state index is 0.153. The summed E-state index contributed by atoms with van der Waals surface area (Å²) in [7, 11) is 0. The van der Waals surface area contributed by atoms with Gasteiger partial charge in [-0.3, -0.25) is 9.69 Å². The van der Waals surface area contributed by atoms with Crippen molar-refractivity contribution in [2.45, 2.75) is 83.7 Å². The molecule has 2 aromatic rings. The lowest BCUT2D eigenvalue weighted by molar-refractivity contribution is -0.134. The summed E-state index contributed by atoms with van der Waals surface area (Å²) in [5, 5.41) is 0. The molecule has 2 heterocycles. The number of nitrogens with zero attached hydrogens (tertiary/aromatic N) is 1. The SMILES string of the molecule is CC(CCCc1ccccc1)c1cc(OC(=O)CCCN2CCOCC2)c2c(c1)OC(C)(C)C1=C2CCC1. The van der Waals surface area contributed by atoms with E-state index in [-0.39, 0.29) is 11.6 Å². The first-order valence-electron chi connectivity index (χ1n) is 14.6. The molecular formula is C33H43NO4. The van der Waals surface area contributed by atoms with Crippen LogP contribution in [0.4, 0.5) is 0 Å². The Hall–Kier alpha value is -2.63. The summed E-state index contributed by atoms with van der Waals surface area (Å²) in [5.74, 6) is 1.75. The monoisotopic (exact) mass is 517 g/mol. The van der Waals surface area contributed by atoms with Crippen molar-refractivity contribution in [2.75, 3.05) is 32.8 Å². The Morgan fingerprint density at radius 3 is 2.66 bits per heavy atom. The highest BCUT2D eigenvalue weighted by Crippen LogP contribution is 2.52. The molecule has 0 radical (unpaired) electrons. The summed E-state index contributed by atoms with van der Waals surface area (Å²) in [6.07, 6.45) is 7.66. The fourth-order valence-electron chi connectivity index (χ4n) is 6.24. The maximum absolute atomic E-state index is 13.0. The predicted octanol–water partition coefficient (Wildman–Crippen LogP) is 6.94. The Morgan fingerprint density at radius 1 is 1.08 bits per heavy atom. The molecule has 0 bridgehead atoms. The zero-order valence-electron chi connectivity index (χ0n) is 23.4. The maximum atomic E-state index is 13.0. The average molecular weight is 518 g/mol. The quantitative estimate of drug-likeness (QED) is 0.252. The van der Waals surface area contributed by atoms with Crippen LogP contribution in [0.3, 0.4) is 0 Å². The molecule has 3 aliphatic rings. The first-order chi connectivity index (χ1) is 18.4. The van der Waals surface area contributed by atoms with E-state index in [9.17, 15) is 4.79 Å². The van der Waals surface area contributed by atoms with Crippen molar-refractivity contribution >= 4 is 11.5 Å². The number of aryl methyl sites for hydroxylation is 1. The molecule has 5 rings (SSSR count). The van der Waals surface area contributed by atoms with Gasteiger partial charge in [0.25, 0.3) is 0 Å². The minimum Gasteiger partial charge on any atom is -0.483 e. The Balaban J connectivity index is 1.32. The van der Waals surface area contributed by atoms with Gasteiger partial charge in [-0.1, -0.05) is 37.3 Å². The van der Waals surface area contributed by atoms with E-state index in [1.807, 2.05) is 0 Å². The molecule has 0 amide bonds. The number of ether oxygens (including phenoxy) is 3. The van der Waals surface area contributed by atoms with Crippen LogP contribution in [0.2, 0.25) is 0 Å². The summed E-state index contributed by atoms with van der Waals surface area (Å²) in [4.78, 5) is 15.4. The number of rotatable bonds is 10. The summed E-state index contributed by atoms with van der Waals surface area (Å²) >= 11 is 0. The summed E-state index contributed by atoms with van der Waals surface area (Å²) in [6, 6.07) is 15.0. The van der Waals surface area contributed by atoms with E-state index in [0.717, 1.165) is 89.1 Å². The van der Waals surface area contributed by atoms with Crippen LogP contribution < -0.4 is 9.47 Å². The average Bonchev–Trinajstić information content (AvgIpc) is 3.41. The maximum Gasteiger partial charge on any atom is 0.311 e. The third kappa shape index (κ3) is 6.32.